The van der Waals surface area contributed by atoms with Gasteiger partial charge in [-0.15, -0.1) is 0 Å². The van der Waals surface area contributed by atoms with Crippen LogP contribution in [0.5, 0.6) is 0 Å². The quantitative estimate of drug-likeness (QED) is 0.266. The average molecular weight is 382 g/mol. The van der Waals surface area contributed by atoms with Crippen LogP contribution in [-0.2, 0) is 20.9 Å². The van der Waals surface area contributed by atoms with Gasteiger partial charge in [-0.3, -0.25) is 14.9 Å². The van der Waals surface area contributed by atoms with Gasteiger partial charge in [0.1, 0.15) is 6.61 Å². The van der Waals surface area contributed by atoms with Crippen molar-refractivity contribution in [2.45, 2.75) is 31.1 Å². The van der Waals surface area contributed by atoms with Gasteiger partial charge in [0, 0.05) is 12.1 Å². The zero-order valence-corrected chi connectivity index (χ0v) is 14.7. The summed E-state index contributed by atoms with van der Waals surface area (Å²) in [5, 5.41) is 19.9. The highest BCUT2D eigenvalue weighted by Gasteiger charge is 2.60. The fraction of sp³-hybridized carbons (Fsp3) is 0.400. The SMILES string of the molecule is CC(O)C1C(=O)N2C(C(=O)OCc3ccc([N+](=O)[O-])cc3)C(=S)SC12. The maximum Gasteiger partial charge on any atom is 0.335 e. The molecule has 0 bridgehead atoms. The van der Waals surface area contributed by atoms with E-state index in [9.17, 15) is 24.8 Å². The molecule has 2 aliphatic rings. The van der Waals surface area contributed by atoms with Crippen LogP contribution < -0.4 is 0 Å². The van der Waals surface area contributed by atoms with E-state index in [4.69, 9.17) is 17.0 Å². The lowest BCUT2D eigenvalue weighted by Crippen LogP contribution is -2.64. The molecule has 1 N–H and O–H groups in total. The Kier molecular flexibility index (Phi) is 4.76. The van der Waals surface area contributed by atoms with Gasteiger partial charge in [0.25, 0.3) is 5.69 Å². The Bertz CT molecular complexity index is 751. The molecule has 4 atom stereocenters. The lowest BCUT2D eigenvalue weighted by Gasteiger charge is -2.44. The second kappa shape index (κ2) is 6.70. The molecule has 0 radical (unpaired) electrons. The van der Waals surface area contributed by atoms with Crippen LogP contribution in [0.15, 0.2) is 24.3 Å². The summed E-state index contributed by atoms with van der Waals surface area (Å²) in [7, 11) is 0. The number of hydrogen-bond donors (Lipinski definition) is 1. The van der Waals surface area contributed by atoms with E-state index in [1.807, 2.05) is 0 Å². The molecule has 0 saturated carbocycles. The highest BCUT2D eigenvalue weighted by atomic mass is 32.2. The molecule has 4 unspecified atom stereocenters. The molecule has 1 aromatic rings. The first-order valence-electron chi connectivity index (χ1n) is 7.42. The summed E-state index contributed by atoms with van der Waals surface area (Å²) in [6, 6.07) is 4.69. The summed E-state index contributed by atoms with van der Waals surface area (Å²) in [5.41, 5.74) is 0.533. The number of esters is 1. The smallest absolute Gasteiger partial charge is 0.335 e. The number of carbonyl (C=O) groups is 2. The van der Waals surface area contributed by atoms with Crippen molar-refractivity contribution in [3.63, 3.8) is 0 Å². The molecule has 8 nitrogen and oxygen atoms in total. The summed E-state index contributed by atoms with van der Waals surface area (Å²) in [5.74, 6) is -1.52. The molecule has 0 aromatic heterocycles. The Morgan fingerprint density at radius 3 is 2.68 bits per heavy atom. The van der Waals surface area contributed by atoms with Crippen LogP contribution in [0.3, 0.4) is 0 Å². The van der Waals surface area contributed by atoms with Gasteiger partial charge in [-0.2, -0.15) is 0 Å². The predicted octanol–water partition coefficient (Wildman–Crippen LogP) is 1.25. The maximum atomic E-state index is 12.3. The summed E-state index contributed by atoms with van der Waals surface area (Å²) in [6.45, 7) is 1.46. The van der Waals surface area contributed by atoms with Gasteiger partial charge in [0.05, 0.1) is 26.5 Å². The molecule has 3 rings (SSSR count). The molecule has 10 heteroatoms. The molecule has 1 aromatic carbocycles. The number of amides is 1. The monoisotopic (exact) mass is 382 g/mol. The van der Waals surface area contributed by atoms with Gasteiger partial charge in [-0.25, -0.2) is 4.79 Å². The number of thiocarbonyl (C=S) groups is 1. The minimum absolute atomic E-state index is 0.0540. The number of β-lactam (4-membered cyclic amide) rings is 1. The Morgan fingerprint density at radius 1 is 1.48 bits per heavy atom. The topological polar surface area (TPSA) is 110 Å². The van der Waals surface area contributed by atoms with E-state index >= 15 is 0 Å². The standard InChI is InChI=1S/C15H14N2O6S2/c1-7(18)10-12(19)16-11(15(24)25-13(10)16)14(20)23-6-8-2-4-9(5-3-8)17(21)22/h2-5,7,10-11,13,18H,6H2,1H3. The summed E-state index contributed by atoms with van der Waals surface area (Å²) in [4.78, 5) is 35.9. The highest BCUT2D eigenvalue weighted by Crippen LogP contribution is 2.46. The number of nitro benzene ring substituents is 1. The second-order valence-electron chi connectivity index (χ2n) is 5.77. The molecule has 2 aliphatic heterocycles. The number of non-ortho nitro benzene ring substituents is 1. The van der Waals surface area contributed by atoms with Gasteiger partial charge in [-0.05, 0) is 24.6 Å². The van der Waals surface area contributed by atoms with Crippen LogP contribution in [0.2, 0.25) is 0 Å². The Hall–Kier alpha value is -2.04. The number of aliphatic hydroxyl groups excluding tert-OH is 1. The van der Waals surface area contributed by atoms with E-state index in [1.54, 1.807) is 0 Å². The summed E-state index contributed by atoms with van der Waals surface area (Å²) < 4.78 is 5.56. The Morgan fingerprint density at radius 2 is 2.12 bits per heavy atom. The maximum absolute atomic E-state index is 12.3. The van der Waals surface area contributed by atoms with Crippen molar-refractivity contribution < 1.29 is 24.4 Å². The van der Waals surface area contributed by atoms with Crippen LogP contribution in [-0.4, -0.2) is 48.5 Å². The predicted molar refractivity (Wildman–Crippen MR) is 92.7 cm³/mol. The molecular formula is C15H14N2O6S2. The van der Waals surface area contributed by atoms with Crippen molar-refractivity contribution in [3.05, 3.63) is 39.9 Å². The first-order chi connectivity index (χ1) is 11.8. The number of hydrogen-bond acceptors (Lipinski definition) is 8. The van der Waals surface area contributed by atoms with E-state index < -0.39 is 29.0 Å². The van der Waals surface area contributed by atoms with Crippen molar-refractivity contribution in [2.24, 2.45) is 5.92 Å². The fourth-order valence-corrected chi connectivity index (χ4v) is 4.73. The summed E-state index contributed by atoms with van der Waals surface area (Å²) >= 11 is 6.41. The van der Waals surface area contributed by atoms with Gasteiger partial charge >= 0.3 is 5.97 Å². The van der Waals surface area contributed by atoms with Gasteiger partial charge in [-0.1, -0.05) is 24.0 Å². The molecule has 0 aliphatic carbocycles. The van der Waals surface area contributed by atoms with Crippen LogP contribution in [0, 0.1) is 16.0 Å². The third-order valence-corrected chi connectivity index (χ3v) is 5.86. The molecular weight excluding hydrogens is 368 g/mol. The minimum atomic E-state index is -0.939. The van der Waals surface area contributed by atoms with Crippen LogP contribution in [0.25, 0.3) is 0 Å². The summed E-state index contributed by atoms with van der Waals surface area (Å²) in [6.07, 6.45) is -0.807. The number of aliphatic hydroxyl groups is 1. The number of thioether (sulfide) groups is 1. The van der Waals surface area contributed by atoms with Crippen molar-refractivity contribution in [1.82, 2.24) is 4.90 Å². The minimum Gasteiger partial charge on any atom is -0.459 e. The van der Waals surface area contributed by atoms with Crippen molar-refractivity contribution >= 4 is 45.7 Å². The van der Waals surface area contributed by atoms with Gasteiger partial charge in [0.2, 0.25) is 5.91 Å². The largest absolute Gasteiger partial charge is 0.459 e. The van der Waals surface area contributed by atoms with Gasteiger partial charge < -0.3 is 14.7 Å². The number of nitro groups is 1. The number of nitrogens with zero attached hydrogens (tertiary/aromatic N) is 2. The average Bonchev–Trinajstić information content (AvgIpc) is 2.85. The highest BCUT2D eigenvalue weighted by molar-refractivity contribution is 8.24. The normalized spacial score (nSPS) is 26.0. The fourth-order valence-electron chi connectivity index (χ4n) is 2.81. The molecule has 2 heterocycles. The van der Waals surface area contributed by atoms with E-state index in [-0.39, 0.29) is 23.6 Å². The molecule has 2 fully saturated rings. The lowest BCUT2D eigenvalue weighted by atomic mass is 9.91. The van der Waals surface area contributed by atoms with Crippen LogP contribution in [0.1, 0.15) is 12.5 Å². The second-order valence-corrected chi connectivity index (χ2v) is 7.63. The van der Waals surface area contributed by atoms with Crippen LogP contribution in [0.4, 0.5) is 5.69 Å². The molecule has 25 heavy (non-hydrogen) atoms. The third kappa shape index (κ3) is 3.12. The Balaban J connectivity index is 1.63. The van der Waals surface area contributed by atoms with Crippen molar-refractivity contribution in [3.8, 4) is 0 Å². The van der Waals surface area contributed by atoms with E-state index in [0.717, 1.165) is 0 Å². The molecule has 2 saturated heterocycles. The van der Waals surface area contributed by atoms with Crippen molar-refractivity contribution in [1.29, 1.82) is 0 Å². The molecule has 0 spiro atoms. The Labute approximate surface area is 152 Å². The lowest BCUT2D eigenvalue weighted by molar-refractivity contribution is -0.384. The number of ether oxygens (including phenoxy) is 1. The third-order valence-electron chi connectivity index (χ3n) is 4.13. The number of carbonyl (C=O) groups excluding carboxylic acids is 2. The van der Waals surface area contributed by atoms with E-state index in [1.165, 1.54) is 47.9 Å². The first-order valence-corrected chi connectivity index (χ1v) is 8.70. The molecule has 1 amide bonds. The number of rotatable bonds is 5. The number of benzene rings is 1. The van der Waals surface area contributed by atoms with Crippen LogP contribution >= 0.6 is 24.0 Å². The molecule has 132 valence electrons. The van der Waals surface area contributed by atoms with E-state index in [0.29, 0.717) is 9.76 Å². The van der Waals surface area contributed by atoms with Crippen molar-refractivity contribution in [2.75, 3.05) is 0 Å². The first kappa shape index (κ1) is 17.8. The number of fused-ring (bicyclic) bond motifs is 1. The zero-order valence-electron chi connectivity index (χ0n) is 13.0. The van der Waals surface area contributed by atoms with E-state index in [2.05, 4.69) is 0 Å². The van der Waals surface area contributed by atoms with Gasteiger partial charge in [0.15, 0.2) is 6.04 Å². The zero-order chi connectivity index (χ0) is 18.3.